The van der Waals surface area contributed by atoms with E-state index in [1.807, 2.05) is 18.2 Å². The number of nitrogen functional groups attached to an aromatic ring is 1. The average molecular weight is 548 g/mol. The Morgan fingerprint density at radius 1 is 0.744 bits per heavy atom. The lowest BCUT2D eigenvalue weighted by atomic mass is 9.96. The molecule has 1 aliphatic rings. The fourth-order valence-electron chi connectivity index (χ4n) is 4.70. The van der Waals surface area contributed by atoms with E-state index in [-0.39, 0.29) is 6.10 Å². The Labute approximate surface area is 237 Å². The van der Waals surface area contributed by atoms with Crippen LogP contribution >= 0.6 is 21.6 Å². The number of fused-ring (bicyclic) bond motifs is 3. The van der Waals surface area contributed by atoms with Gasteiger partial charge in [0.05, 0.1) is 11.4 Å². The molecule has 39 heavy (non-hydrogen) atoms. The lowest BCUT2D eigenvalue weighted by Gasteiger charge is -2.28. The summed E-state index contributed by atoms with van der Waals surface area (Å²) in [7, 11) is 7.47. The minimum absolute atomic E-state index is 0.212. The van der Waals surface area contributed by atoms with Crippen molar-refractivity contribution in [2.75, 3.05) is 30.0 Å². The molecule has 0 aliphatic carbocycles. The third kappa shape index (κ3) is 5.31. The molecule has 194 valence electrons. The van der Waals surface area contributed by atoms with Crippen LogP contribution in [0.3, 0.4) is 0 Å². The molecular formula is C33H29N3OS2. The molecule has 0 fully saturated rings. The third-order valence-electron chi connectivity index (χ3n) is 6.77. The van der Waals surface area contributed by atoms with Gasteiger partial charge in [-0.1, -0.05) is 88.3 Å². The molecular weight excluding hydrogens is 519 g/mol. The average Bonchev–Trinajstić information content (AvgIpc) is 2.97. The molecule has 3 N–H and O–H groups in total. The van der Waals surface area contributed by atoms with Crippen molar-refractivity contribution < 1.29 is 4.74 Å². The zero-order chi connectivity index (χ0) is 26.8. The zero-order valence-corrected chi connectivity index (χ0v) is 23.4. The Hall–Kier alpha value is -4.00. The number of benzene rings is 5. The van der Waals surface area contributed by atoms with Gasteiger partial charge in [0.2, 0.25) is 0 Å². The Morgan fingerprint density at radius 2 is 1.44 bits per heavy atom. The molecule has 1 unspecified atom stereocenters. The molecule has 5 aromatic rings. The summed E-state index contributed by atoms with van der Waals surface area (Å²) in [6, 6.07) is 37.6. The Morgan fingerprint density at radius 3 is 2.23 bits per heavy atom. The van der Waals surface area contributed by atoms with Crippen molar-refractivity contribution in [2.45, 2.75) is 15.9 Å². The molecule has 1 aliphatic heterocycles. The first-order chi connectivity index (χ1) is 19.1. The first-order valence-electron chi connectivity index (χ1n) is 12.8. The van der Waals surface area contributed by atoms with Crippen LogP contribution in [-0.2, 0) is 0 Å². The second-order valence-electron chi connectivity index (χ2n) is 9.59. The van der Waals surface area contributed by atoms with Crippen molar-refractivity contribution in [1.29, 1.82) is 0 Å². The van der Waals surface area contributed by atoms with Gasteiger partial charge in [-0.25, -0.2) is 0 Å². The summed E-state index contributed by atoms with van der Waals surface area (Å²) in [5, 5.41) is 6.12. The van der Waals surface area contributed by atoms with Crippen LogP contribution in [0.4, 0.5) is 17.1 Å². The van der Waals surface area contributed by atoms with Crippen LogP contribution in [-0.4, -0.2) is 14.1 Å². The fourth-order valence-corrected chi connectivity index (χ4v) is 6.95. The van der Waals surface area contributed by atoms with Crippen LogP contribution in [0, 0.1) is 0 Å². The molecule has 6 rings (SSSR count). The molecule has 0 saturated carbocycles. The van der Waals surface area contributed by atoms with Crippen molar-refractivity contribution in [3.8, 4) is 5.75 Å². The highest BCUT2D eigenvalue weighted by molar-refractivity contribution is 8.76. The minimum Gasteiger partial charge on any atom is -0.481 e. The van der Waals surface area contributed by atoms with Gasteiger partial charge < -0.3 is 20.7 Å². The Bertz CT molecular complexity index is 1660. The van der Waals surface area contributed by atoms with E-state index in [0.717, 1.165) is 54.8 Å². The fraction of sp³-hybridized carbons (Fsp3) is 0.0909. The smallest absolute Gasteiger partial charge is 0.144 e. The van der Waals surface area contributed by atoms with Crippen LogP contribution in [0.2, 0.25) is 0 Å². The second-order valence-corrected chi connectivity index (χ2v) is 11.8. The van der Waals surface area contributed by atoms with Gasteiger partial charge in [-0.15, -0.1) is 0 Å². The minimum atomic E-state index is -0.212. The van der Waals surface area contributed by atoms with Crippen LogP contribution in [0.25, 0.3) is 16.5 Å². The summed E-state index contributed by atoms with van der Waals surface area (Å²) >= 11 is 0. The van der Waals surface area contributed by atoms with E-state index in [4.69, 9.17) is 10.5 Å². The molecule has 0 aromatic heterocycles. The molecule has 0 bridgehead atoms. The summed E-state index contributed by atoms with van der Waals surface area (Å²) in [6.45, 7) is 0. The lowest BCUT2D eigenvalue weighted by molar-refractivity contribution is 0.251. The third-order valence-corrected chi connectivity index (χ3v) is 9.26. The topological polar surface area (TPSA) is 50.5 Å². The van der Waals surface area contributed by atoms with Gasteiger partial charge in [-0.2, -0.15) is 0 Å². The van der Waals surface area contributed by atoms with Crippen LogP contribution in [0.1, 0.15) is 17.2 Å². The van der Waals surface area contributed by atoms with E-state index in [1.54, 1.807) is 21.6 Å². The molecule has 1 heterocycles. The second kappa shape index (κ2) is 11.0. The number of ether oxygens (including phenoxy) is 1. The molecule has 5 aromatic carbocycles. The molecule has 1 atom stereocenters. The number of hydrogen-bond acceptors (Lipinski definition) is 6. The van der Waals surface area contributed by atoms with Crippen molar-refractivity contribution in [2.24, 2.45) is 0 Å². The van der Waals surface area contributed by atoms with Crippen molar-refractivity contribution in [3.05, 3.63) is 126 Å². The lowest BCUT2D eigenvalue weighted by Crippen LogP contribution is -2.15. The maximum Gasteiger partial charge on any atom is 0.144 e. The number of hydrogen-bond donors (Lipinski definition) is 2. The maximum atomic E-state index is 6.59. The molecule has 0 radical (unpaired) electrons. The zero-order valence-electron chi connectivity index (χ0n) is 21.8. The number of anilines is 3. The summed E-state index contributed by atoms with van der Waals surface area (Å²) in [5.41, 5.74) is 12.4. The number of nitrogens with one attached hydrogen (secondary N) is 1. The summed E-state index contributed by atoms with van der Waals surface area (Å²) in [4.78, 5) is 4.29. The highest BCUT2D eigenvalue weighted by atomic mass is 33.1. The predicted octanol–water partition coefficient (Wildman–Crippen LogP) is 8.87. The number of para-hydroxylation sites is 2. The van der Waals surface area contributed by atoms with Gasteiger partial charge in [-0.05, 0) is 64.9 Å². The highest BCUT2D eigenvalue weighted by Gasteiger charge is 2.25. The van der Waals surface area contributed by atoms with Crippen LogP contribution in [0.5, 0.6) is 5.75 Å². The van der Waals surface area contributed by atoms with Gasteiger partial charge in [0.25, 0.3) is 0 Å². The normalized spacial score (nSPS) is 14.3. The Kier molecular flexibility index (Phi) is 7.14. The molecule has 4 nitrogen and oxygen atoms in total. The van der Waals surface area contributed by atoms with Crippen LogP contribution in [0.15, 0.2) is 125 Å². The van der Waals surface area contributed by atoms with Crippen molar-refractivity contribution >= 4 is 55.1 Å². The standard InChI is InChI=1S/C33H29N3OS2/c1-36(2)24-18-15-23(16-19-24)30-21-28(33-25-10-4-3-9-22(25)17-20-29(33)37-30)35-27-12-6-8-14-32(27)39-38-31-13-7-5-11-26(31)34/h3-21,30,35H,34H2,1-2H3. The SMILES string of the molecule is CN(C)c1ccc(C2C=C(Nc3ccccc3SSc3ccccc3N)c3c(ccc4ccccc34)O2)cc1. The summed E-state index contributed by atoms with van der Waals surface area (Å²) < 4.78 is 6.59. The summed E-state index contributed by atoms with van der Waals surface area (Å²) in [5.74, 6) is 0.872. The highest BCUT2D eigenvalue weighted by Crippen LogP contribution is 2.46. The van der Waals surface area contributed by atoms with E-state index >= 15 is 0 Å². The monoisotopic (exact) mass is 547 g/mol. The molecule has 6 heteroatoms. The molecule has 0 amide bonds. The quantitative estimate of drug-likeness (QED) is 0.157. The van der Waals surface area contributed by atoms with Gasteiger partial charge in [-0.3, -0.25) is 0 Å². The Balaban J connectivity index is 1.38. The van der Waals surface area contributed by atoms with E-state index in [1.165, 1.54) is 5.39 Å². The first-order valence-corrected chi connectivity index (χ1v) is 14.9. The van der Waals surface area contributed by atoms with Gasteiger partial charge in [0.15, 0.2) is 0 Å². The molecule has 0 saturated heterocycles. The maximum absolute atomic E-state index is 6.59. The van der Waals surface area contributed by atoms with E-state index < -0.39 is 0 Å². The van der Waals surface area contributed by atoms with Gasteiger partial charge in [0, 0.05) is 40.8 Å². The first kappa shape index (κ1) is 25.3. The predicted molar refractivity (Wildman–Crippen MR) is 169 cm³/mol. The van der Waals surface area contributed by atoms with E-state index in [2.05, 4.69) is 121 Å². The van der Waals surface area contributed by atoms with E-state index in [0.29, 0.717) is 0 Å². The number of nitrogens with two attached hydrogens (primary N) is 1. The largest absolute Gasteiger partial charge is 0.481 e. The summed E-state index contributed by atoms with van der Waals surface area (Å²) in [6.07, 6.45) is 1.99. The van der Waals surface area contributed by atoms with Gasteiger partial charge in [0.1, 0.15) is 11.9 Å². The van der Waals surface area contributed by atoms with Crippen LogP contribution < -0.4 is 20.7 Å². The molecule has 0 spiro atoms. The van der Waals surface area contributed by atoms with Crippen molar-refractivity contribution in [1.82, 2.24) is 0 Å². The number of nitrogens with zero attached hydrogens (tertiary/aromatic N) is 1. The number of rotatable bonds is 7. The van der Waals surface area contributed by atoms with Gasteiger partial charge >= 0.3 is 0 Å². The van der Waals surface area contributed by atoms with Crippen molar-refractivity contribution in [3.63, 3.8) is 0 Å². The van der Waals surface area contributed by atoms with E-state index in [9.17, 15) is 0 Å².